The monoisotopic (exact) mass is 430 g/mol. The molecule has 0 aliphatic carbocycles. The van der Waals surface area contributed by atoms with Crippen LogP contribution in [0.25, 0.3) is 0 Å². The van der Waals surface area contributed by atoms with Crippen LogP contribution in [0.2, 0.25) is 10.0 Å². The maximum absolute atomic E-state index is 12.5. The number of ether oxygens (including phenoxy) is 1. The molecule has 1 aromatic carbocycles. The number of aromatic nitrogens is 1. The average molecular weight is 431 g/mol. The molecule has 9 heteroatoms. The van der Waals surface area contributed by atoms with Crippen LogP contribution in [-0.4, -0.2) is 35.1 Å². The molecule has 0 aliphatic rings. The molecule has 2 aromatic rings. The van der Waals surface area contributed by atoms with Gasteiger partial charge >= 0.3 is 5.97 Å². The third kappa shape index (κ3) is 5.89. The molecule has 0 saturated heterocycles. The first kappa shape index (κ1) is 21.6. The first-order valence-electron chi connectivity index (χ1n) is 8.16. The third-order valence-electron chi connectivity index (χ3n) is 3.92. The molecule has 0 spiro atoms. The van der Waals surface area contributed by atoms with E-state index in [2.05, 4.69) is 10.5 Å². The minimum absolute atomic E-state index is 0.0351. The minimum atomic E-state index is -0.794. The number of thioether (sulfide) groups is 1. The predicted molar refractivity (Wildman–Crippen MR) is 106 cm³/mol. The average Bonchev–Trinajstić information content (AvgIpc) is 2.94. The summed E-state index contributed by atoms with van der Waals surface area (Å²) in [6.07, 6.45) is 2.35. The van der Waals surface area contributed by atoms with E-state index >= 15 is 0 Å². The maximum atomic E-state index is 12.5. The summed E-state index contributed by atoms with van der Waals surface area (Å²) in [6, 6.07) is 3.76. The number of halogens is 2. The van der Waals surface area contributed by atoms with Gasteiger partial charge in [-0.3, -0.25) is 4.79 Å². The predicted octanol–water partition coefficient (Wildman–Crippen LogP) is 4.19. The number of nitrogens with one attached hydrogen (secondary N) is 1. The first-order chi connectivity index (χ1) is 12.8. The number of carbonyl (C=O) groups is 2. The van der Waals surface area contributed by atoms with Gasteiger partial charge in [0.15, 0.2) is 0 Å². The molecule has 1 N–H and O–H groups in total. The van der Waals surface area contributed by atoms with Gasteiger partial charge in [-0.05, 0) is 50.5 Å². The molecular formula is C18H20Cl2N2O4S. The van der Waals surface area contributed by atoms with E-state index < -0.39 is 17.9 Å². The Morgan fingerprint density at radius 1 is 1.33 bits per heavy atom. The van der Waals surface area contributed by atoms with Crippen molar-refractivity contribution >= 4 is 46.8 Å². The lowest BCUT2D eigenvalue weighted by atomic mass is 10.1. The fourth-order valence-corrected chi connectivity index (χ4v) is 3.31. The molecule has 0 radical (unpaired) electrons. The van der Waals surface area contributed by atoms with Crippen LogP contribution in [0.5, 0.6) is 0 Å². The highest BCUT2D eigenvalue weighted by Crippen LogP contribution is 2.21. The van der Waals surface area contributed by atoms with E-state index in [1.54, 1.807) is 31.7 Å². The van der Waals surface area contributed by atoms with Crippen LogP contribution < -0.4 is 5.32 Å². The smallest absolute Gasteiger partial charge is 0.329 e. The van der Waals surface area contributed by atoms with Gasteiger partial charge in [0.05, 0.1) is 21.8 Å². The highest BCUT2D eigenvalue weighted by atomic mass is 35.5. The summed E-state index contributed by atoms with van der Waals surface area (Å²) in [5.74, 6) is 0.289. The lowest BCUT2D eigenvalue weighted by Crippen LogP contribution is -2.42. The van der Waals surface area contributed by atoms with Crippen LogP contribution in [0.15, 0.2) is 22.7 Å². The molecule has 1 amide bonds. The summed E-state index contributed by atoms with van der Waals surface area (Å²) >= 11 is 13.5. The Kier molecular flexibility index (Phi) is 8.01. The standard InChI is InChI=1S/C18H20Cl2N2O4S/c1-10-14(11(2)26-22-10)9-25-18(24)16(6-7-27-3)21-17(23)13-5-4-12(19)8-15(13)20/h4-5,8,16H,6-7,9H2,1-3H3,(H,21,23). The molecule has 6 nitrogen and oxygen atoms in total. The van der Waals surface area contributed by atoms with Crippen LogP contribution in [-0.2, 0) is 16.1 Å². The normalized spacial score (nSPS) is 11.9. The van der Waals surface area contributed by atoms with Gasteiger partial charge in [0.25, 0.3) is 5.91 Å². The zero-order valence-electron chi connectivity index (χ0n) is 15.2. The van der Waals surface area contributed by atoms with E-state index in [1.807, 2.05) is 6.26 Å². The molecule has 0 fully saturated rings. The Hall–Kier alpha value is -1.70. The molecular weight excluding hydrogens is 411 g/mol. The van der Waals surface area contributed by atoms with Crippen molar-refractivity contribution < 1.29 is 18.8 Å². The SMILES string of the molecule is CSCCC(NC(=O)c1ccc(Cl)cc1Cl)C(=O)OCc1c(C)noc1C. The lowest BCUT2D eigenvalue weighted by molar-refractivity contribution is -0.147. The van der Waals surface area contributed by atoms with Crippen LogP contribution in [0.4, 0.5) is 0 Å². The van der Waals surface area contributed by atoms with E-state index in [1.165, 1.54) is 12.1 Å². The second-order valence-electron chi connectivity index (χ2n) is 5.84. The number of nitrogens with zero attached hydrogens (tertiary/aromatic N) is 1. The Morgan fingerprint density at radius 3 is 2.67 bits per heavy atom. The summed E-state index contributed by atoms with van der Waals surface area (Å²) in [5.41, 5.74) is 1.63. The van der Waals surface area contributed by atoms with E-state index in [-0.39, 0.29) is 17.2 Å². The molecule has 1 heterocycles. The molecule has 1 unspecified atom stereocenters. The number of hydrogen-bond acceptors (Lipinski definition) is 6. The van der Waals surface area contributed by atoms with Crippen molar-refractivity contribution in [1.82, 2.24) is 10.5 Å². The number of aryl methyl sites for hydroxylation is 2. The summed E-state index contributed by atoms with van der Waals surface area (Å²) < 4.78 is 10.4. The number of benzene rings is 1. The van der Waals surface area contributed by atoms with Crippen molar-refractivity contribution in [2.75, 3.05) is 12.0 Å². The Balaban J connectivity index is 2.06. The summed E-state index contributed by atoms with van der Waals surface area (Å²) in [4.78, 5) is 25.0. The van der Waals surface area contributed by atoms with Gasteiger partial charge in [0, 0.05) is 5.02 Å². The molecule has 146 valence electrons. The van der Waals surface area contributed by atoms with Crippen molar-refractivity contribution in [3.05, 3.63) is 50.8 Å². The van der Waals surface area contributed by atoms with E-state index in [9.17, 15) is 9.59 Å². The summed E-state index contributed by atoms with van der Waals surface area (Å²) in [5, 5.41) is 7.16. The zero-order valence-corrected chi connectivity index (χ0v) is 17.5. The van der Waals surface area contributed by atoms with Crippen LogP contribution in [0, 0.1) is 13.8 Å². The summed E-state index contributed by atoms with van der Waals surface area (Å²) in [7, 11) is 0. The molecule has 1 atom stereocenters. The van der Waals surface area contributed by atoms with Crippen LogP contribution in [0.1, 0.15) is 33.8 Å². The van der Waals surface area contributed by atoms with Crippen molar-refractivity contribution in [3.8, 4) is 0 Å². The summed E-state index contributed by atoms with van der Waals surface area (Å²) in [6.45, 7) is 3.56. The van der Waals surface area contributed by atoms with Gasteiger partial charge in [0.1, 0.15) is 18.4 Å². The van der Waals surface area contributed by atoms with Gasteiger partial charge in [-0.2, -0.15) is 11.8 Å². The molecule has 0 bridgehead atoms. The lowest BCUT2D eigenvalue weighted by Gasteiger charge is -2.18. The number of amides is 1. The van der Waals surface area contributed by atoms with Gasteiger partial charge in [-0.25, -0.2) is 4.79 Å². The Bertz CT molecular complexity index is 806. The second kappa shape index (κ2) is 10.0. The number of esters is 1. The Labute approximate surface area is 171 Å². The molecule has 1 aromatic heterocycles. The van der Waals surface area contributed by atoms with Crippen LogP contribution >= 0.6 is 35.0 Å². The zero-order chi connectivity index (χ0) is 20.0. The molecule has 0 saturated carbocycles. The van der Waals surface area contributed by atoms with Crippen molar-refractivity contribution in [2.45, 2.75) is 32.9 Å². The van der Waals surface area contributed by atoms with Crippen molar-refractivity contribution in [2.24, 2.45) is 0 Å². The van der Waals surface area contributed by atoms with Crippen molar-refractivity contribution in [1.29, 1.82) is 0 Å². The van der Waals surface area contributed by atoms with Gasteiger partial charge in [-0.15, -0.1) is 0 Å². The fourth-order valence-electron chi connectivity index (χ4n) is 2.35. The van der Waals surface area contributed by atoms with Gasteiger partial charge < -0.3 is 14.6 Å². The van der Waals surface area contributed by atoms with Crippen LogP contribution in [0.3, 0.4) is 0 Å². The van der Waals surface area contributed by atoms with E-state index in [0.717, 1.165) is 5.56 Å². The van der Waals surface area contributed by atoms with Gasteiger partial charge in [0.2, 0.25) is 0 Å². The largest absolute Gasteiger partial charge is 0.459 e. The topological polar surface area (TPSA) is 81.4 Å². The number of rotatable bonds is 8. The molecule has 27 heavy (non-hydrogen) atoms. The maximum Gasteiger partial charge on any atom is 0.329 e. The highest BCUT2D eigenvalue weighted by Gasteiger charge is 2.24. The molecule has 0 aliphatic heterocycles. The number of carbonyl (C=O) groups excluding carboxylic acids is 2. The minimum Gasteiger partial charge on any atom is -0.459 e. The second-order valence-corrected chi connectivity index (χ2v) is 7.67. The third-order valence-corrected chi connectivity index (χ3v) is 5.11. The molecule has 2 rings (SSSR count). The van der Waals surface area contributed by atoms with Crippen molar-refractivity contribution in [3.63, 3.8) is 0 Å². The fraction of sp³-hybridized carbons (Fsp3) is 0.389. The van der Waals surface area contributed by atoms with E-state index in [0.29, 0.717) is 28.7 Å². The highest BCUT2D eigenvalue weighted by molar-refractivity contribution is 7.98. The quantitative estimate of drug-likeness (QED) is 0.632. The van der Waals surface area contributed by atoms with E-state index in [4.69, 9.17) is 32.5 Å². The Morgan fingerprint density at radius 2 is 2.07 bits per heavy atom. The first-order valence-corrected chi connectivity index (χ1v) is 10.3. The number of hydrogen-bond donors (Lipinski definition) is 1. The van der Waals surface area contributed by atoms with Gasteiger partial charge in [-0.1, -0.05) is 28.4 Å².